The summed E-state index contributed by atoms with van der Waals surface area (Å²) in [5.74, 6) is 0.178. The number of rotatable bonds is 5. The van der Waals surface area contributed by atoms with Gasteiger partial charge in [-0.15, -0.1) is 0 Å². The fourth-order valence-electron chi connectivity index (χ4n) is 4.01. The average Bonchev–Trinajstić information content (AvgIpc) is 3.21. The van der Waals surface area contributed by atoms with Crippen LogP contribution in [-0.2, 0) is 21.1 Å². The van der Waals surface area contributed by atoms with Gasteiger partial charge in [-0.05, 0) is 20.3 Å². The summed E-state index contributed by atoms with van der Waals surface area (Å²) in [6.45, 7) is 3.85. The lowest BCUT2D eigenvalue weighted by atomic mass is 9.97. The zero-order chi connectivity index (χ0) is 20.8. The van der Waals surface area contributed by atoms with Crippen molar-refractivity contribution in [2.75, 3.05) is 18.1 Å². The van der Waals surface area contributed by atoms with E-state index in [4.69, 9.17) is 9.15 Å². The van der Waals surface area contributed by atoms with Crippen molar-refractivity contribution in [3.63, 3.8) is 0 Å². The van der Waals surface area contributed by atoms with Crippen LogP contribution in [0.3, 0.4) is 0 Å². The molecule has 2 aromatic carbocycles. The number of furan rings is 1. The highest BCUT2D eigenvalue weighted by atomic mass is 32.2. The minimum atomic E-state index is -3.03. The minimum absolute atomic E-state index is 0.0489. The number of hydrogen-bond acceptors (Lipinski definition) is 7. The molecule has 1 saturated heterocycles. The first-order valence-electron chi connectivity index (χ1n) is 9.59. The number of carbonyl (C=O) groups excluding carboxylic acids is 1. The molecular weight excluding hydrogens is 394 g/mol. The molecule has 3 aromatic rings. The lowest BCUT2D eigenvalue weighted by Crippen LogP contribution is -2.29. The largest absolute Gasteiger partial charge is 0.507 e. The number of hydrogen-bond donors (Lipinski definition) is 2. The fraction of sp³-hybridized carbons (Fsp3) is 0.381. The molecule has 8 heteroatoms. The molecule has 0 spiro atoms. The number of phenols is 1. The maximum atomic E-state index is 12.6. The first-order valence-corrected chi connectivity index (χ1v) is 11.4. The van der Waals surface area contributed by atoms with Gasteiger partial charge in [-0.25, -0.2) is 13.2 Å². The van der Waals surface area contributed by atoms with Gasteiger partial charge < -0.3 is 19.6 Å². The van der Waals surface area contributed by atoms with E-state index in [0.717, 1.165) is 0 Å². The second-order valence-corrected chi connectivity index (χ2v) is 9.54. The van der Waals surface area contributed by atoms with Gasteiger partial charge in [0.05, 0.1) is 18.1 Å². The van der Waals surface area contributed by atoms with Gasteiger partial charge in [0.2, 0.25) is 0 Å². The molecule has 1 fully saturated rings. The number of benzene rings is 2. The number of nitrogens with one attached hydrogen (secondary N) is 1. The summed E-state index contributed by atoms with van der Waals surface area (Å²) in [6.07, 6.45) is 0.523. The van der Waals surface area contributed by atoms with E-state index in [-0.39, 0.29) is 36.4 Å². The van der Waals surface area contributed by atoms with E-state index in [1.807, 2.05) is 18.2 Å². The number of aryl methyl sites for hydroxylation is 1. The lowest BCUT2D eigenvalue weighted by Gasteiger charge is -2.15. The van der Waals surface area contributed by atoms with Crippen molar-refractivity contribution in [1.82, 2.24) is 5.32 Å². The average molecular weight is 417 g/mol. The van der Waals surface area contributed by atoms with Gasteiger partial charge >= 0.3 is 5.97 Å². The first-order chi connectivity index (χ1) is 13.8. The Labute approximate surface area is 168 Å². The Hall–Kier alpha value is -2.58. The van der Waals surface area contributed by atoms with Crippen LogP contribution in [0.5, 0.6) is 5.75 Å². The number of aromatic hydroxyl groups is 1. The van der Waals surface area contributed by atoms with E-state index in [2.05, 4.69) is 5.32 Å². The van der Waals surface area contributed by atoms with Crippen LogP contribution in [0.25, 0.3) is 21.7 Å². The van der Waals surface area contributed by atoms with E-state index in [0.29, 0.717) is 45.0 Å². The molecule has 1 atom stereocenters. The molecule has 154 valence electrons. The molecule has 0 aliphatic carbocycles. The molecule has 0 bridgehead atoms. The Balaban J connectivity index is 1.88. The Morgan fingerprint density at radius 2 is 2.03 bits per heavy atom. The normalized spacial score (nSPS) is 18.5. The molecule has 2 heterocycles. The van der Waals surface area contributed by atoms with Crippen molar-refractivity contribution in [2.24, 2.45) is 0 Å². The number of esters is 1. The summed E-state index contributed by atoms with van der Waals surface area (Å²) in [6, 6.07) is 7.08. The number of carbonyl (C=O) groups is 1. The number of fused-ring (bicyclic) bond motifs is 3. The second kappa shape index (κ2) is 7.35. The van der Waals surface area contributed by atoms with Crippen molar-refractivity contribution in [2.45, 2.75) is 32.9 Å². The molecule has 1 aliphatic heterocycles. The third kappa shape index (κ3) is 3.47. The van der Waals surface area contributed by atoms with Gasteiger partial charge in [-0.2, -0.15) is 0 Å². The monoisotopic (exact) mass is 417 g/mol. The molecular formula is C21H23NO6S. The Morgan fingerprint density at radius 3 is 2.69 bits per heavy atom. The van der Waals surface area contributed by atoms with Crippen molar-refractivity contribution < 1.29 is 27.5 Å². The van der Waals surface area contributed by atoms with E-state index in [1.165, 1.54) is 0 Å². The molecule has 0 radical (unpaired) electrons. The van der Waals surface area contributed by atoms with Gasteiger partial charge in [0.25, 0.3) is 0 Å². The smallest absolute Gasteiger partial charge is 0.342 e. The number of sulfone groups is 1. The molecule has 7 nitrogen and oxygen atoms in total. The fourth-order valence-corrected chi connectivity index (χ4v) is 5.72. The lowest BCUT2D eigenvalue weighted by molar-refractivity contribution is 0.0526. The van der Waals surface area contributed by atoms with Crippen LogP contribution in [0.2, 0.25) is 0 Å². The number of phenolic OH excluding ortho intramolecular Hbond substituents is 1. The van der Waals surface area contributed by atoms with Crippen molar-refractivity contribution in [3.8, 4) is 5.75 Å². The van der Waals surface area contributed by atoms with Gasteiger partial charge in [-0.3, -0.25) is 0 Å². The number of ether oxygens (including phenoxy) is 1. The SMILES string of the molecule is CCOC(=O)c1c(C)oc2c1c(CNC1CCS(=O)(=O)C1)c(O)c1ccccc12. The third-order valence-electron chi connectivity index (χ3n) is 5.38. The highest BCUT2D eigenvalue weighted by Gasteiger charge is 2.30. The zero-order valence-electron chi connectivity index (χ0n) is 16.3. The Kier molecular flexibility index (Phi) is 5.00. The van der Waals surface area contributed by atoms with Crippen LogP contribution < -0.4 is 5.32 Å². The van der Waals surface area contributed by atoms with Gasteiger partial charge in [0.1, 0.15) is 22.7 Å². The van der Waals surface area contributed by atoms with E-state index in [9.17, 15) is 18.3 Å². The van der Waals surface area contributed by atoms with E-state index >= 15 is 0 Å². The summed E-state index contributed by atoms with van der Waals surface area (Å²) in [4.78, 5) is 12.6. The molecule has 29 heavy (non-hydrogen) atoms. The van der Waals surface area contributed by atoms with Gasteiger partial charge in [-0.1, -0.05) is 24.3 Å². The predicted molar refractivity (Wildman–Crippen MR) is 110 cm³/mol. The molecule has 4 rings (SSSR count). The van der Waals surface area contributed by atoms with Gasteiger partial charge in [0, 0.05) is 34.3 Å². The summed E-state index contributed by atoms with van der Waals surface area (Å²) in [7, 11) is -3.03. The summed E-state index contributed by atoms with van der Waals surface area (Å²) >= 11 is 0. The van der Waals surface area contributed by atoms with Crippen molar-refractivity contribution >= 4 is 37.5 Å². The predicted octanol–water partition coefficient (Wildman–Crippen LogP) is 3.05. The third-order valence-corrected chi connectivity index (χ3v) is 7.15. The standard InChI is InChI=1S/C21H23NO6S/c1-3-27-21(24)17-12(2)28-20-15-7-5-4-6-14(15)19(23)16(18(17)20)10-22-13-8-9-29(25,26)11-13/h4-7,13,22-23H,3,8-11H2,1-2H3. The van der Waals surface area contributed by atoms with E-state index in [1.54, 1.807) is 19.9 Å². The molecule has 0 amide bonds. The van der Waals surface area contributed by atoms with Crippen LogP contribution in [-0.4, -0.2) is 43.6 Å². The summed E-state index contributed by atoms with van der Waals surface area (Å²) in [5, 5.41) is 16.1. The van der Waals surface area contributed by atoms with Crippen LogP contribution >= 0.6 is 0 Å². The van der Waals surface area contributed by atoms with Crippen LogP contribution in [0, 0.1) is 6.92 Å². The molecule has 1 aromatic heterocycles. The molecule has 1 unspecified atom stereocenters. The van der Waals surface area contributed by atoms with Crippen molar-refractivity contribution in [1.29, 1.82) is 0 Å². The highest BCUT2D eigenvalue weighted by Crippen LogP contribution is 2.41. The van der Waals surface area contributed by atoms with Crippen LogP contribution in [0.15, 0.2) is 28.7 Å². The molecule has 2 N–H and O–H groups in total. The summed E-state index contributed by atoms with van der Waals surface area (Å²) < 4.78 is 34.7. The molecule has 0 saturated carbocycles. The maximum absolute atomic E-state index is 12.6. The van der Waals surface area contributed by atoms with Gasteiger partial charge in [0.15, 0.2) is 9.84 Å². The minimum Gasteiger partial charge on any atom is -0.507 e. The first kappa shape index (κ1) is 19.7. The quantitative estimate of drug-likeness (QED) is 0.615. The van der Waals surface area contributed by atoms with Crippen LogP contribution in [0.4, 0.5) is 0 Å². The molecule has 1 aliphatic rings. The highest BCUT2D eigenvalue weighted by molar-refractivity contribution is 7.91. The second-order valence-electron chi connectivity index (χ2n) is 7.31. The van der Waals surface area contributed by atoms with Crippen LogP contribution in [0.1, 0.15) is 35.0 Å². The van der Waals surface area contributed by atoms with Crippen molar-refractivity contribution in [3.05, 3.63) is 41.2 Å². The maximum Gasteiger partial charge on any atom is 0.342 e. The zero-order valence-corrected chi connectivity index (χ0v) is 17.1. The summed E-state index contributed by atoms with van der Waals surface area (Å²) in [5.41, 5.74) is 1.30. The Bertz CT molecular complexity index is 1210. The topological polar surface area (TPSA) is 106 Å². The Morgan fingerprint density at radius 1 is 1.31 bits per heavy atom. The van der Waals surface area contributed by atoms with E-state index < -0.39 is 15.8 Å².